The van der Waals surface area contributed by atoms with Crippen molar-refractivity contribution in [2.75, 3.05) is 9.44 Å². The predicted octanol–water partition coefficient (Wildman–Crippen LogP) is 7.39. The fourth-order valence-corrected chi connectivity index (χ4v) is 7.79. The molecule has 2 N–H and O–H groups in total. The smallest absolute Gasteiger partial charge is 0.261 e. The van der Waals surface area contributed by atoms with Crippen LogP contribution in [-0.4, -0.2) is 16.8 Å². The maximum Gasteiger partial charge on any atom is 0.261 e. The summed E-state index contributed by atoms with van der Waals surface area (Å²) in [5.41, 5.74) is 0.786. The van der Waals surface area contributed by atoms with Crippen molar-refractivity contribution < 1.29 is 16.8 Å². The summed E-state index contributed by atoms with van der Waals surface area (Å²) < 4.78 is 56.6. The van der Waals surface area contributed by atoms with E-state index in [1.165, 1.54) is 70.1 Å². The highest BCUT2D eigenvalue weighted by Crippen LogP contribution is 2.44. The molecule has 186 valence electrons. The Bertz CT molecular complexity index is 1460. The van der Waals surface area contributed by atoms with E-state index in [1.807, 2.05) is 0 Å². The van der Waals surface area contributed by atoms with Crippen molar-refractivity contribution in [1.29, 1.82) is 0 Å². The van der Waals surface area contributed by atoms with Gasteiger partial charge in [-0.15, -0.1) is 0 Å². The zero-order valence-corrected chi connectivity index (χ0v) is 23.0. The van der Waals surface area contributed by atoms with E-state index in [9.17, 15) is 16.8 Å². The molecule has 0 bridgehead atoms. The lowest BCUT2D eigenvalue weighted by atomic mass is 10.3. The molecule has 0 aromatic heterocycles. The number of hydrogen-bond acceptors (Lipinski definition) is 6. The molecule has 0 spiro atoms. The lowest BCUT2D eigenvalue weighted by Crippen LogP contribution is -2.13. The Morgan fingerprint density at radius 3 is 1.19 bits per heavy atom. The summed E-state index contributed by atoms with van der Waals surface area (Å²) >= 11 is 11.7. The van der Waals surface area contributed by atoms with E-state index in [-0.39, 0.29) is 9.79 Å². The number of sulfonamides is 2. The molecule has 0 aliphatic rings. The number of rotatable bonds is 9. The number of benzene rings is 4. The first-order valence-corrected chi connectivity index (χ1v) is 16.1. The molecule has 12 heteroatoms. The van der Waals surface area contributed by atoms with Crippen molar-refractivity contribution in [3.05, 3.63) is 107 Å². The van der Waals surface area contributed by atoms with Gasteiger partial charge in [-0.05, 0) is 72.8 Å². The second-order valence-electron chi connectivity index (χ2n) is 7.28. The summed E-state index contributed by atoms with van der Waals surface area (Å²) in [7, 11) is -5.08. The van der Waals surface area contributed by atoms with Crippen molar-refractivity contribution in [3.63, 3.8) is 0 Å². The van der Waals surface area contributed by atoms with Crippen LogP contribution >= 0.6 is 44.8 Å². The van der Waals surface area contributed by atoms with Crippen molar-refractivity contribution >= 4 is 76.2 Å². The van der Waals surface area contributed by atoms with Gasteiger partial charge in [0.15, 0.2) is 0 Å². The minimum absolute atomic E-state index is 0.0845. The predicted molar refractivity (Wildman–Crippen MR) is 149 cm³/mol. The lowest BCUT2D eigenvalue weighted by molar-refractivity contribution is 0.599. The van der Waals surface area contributed by atoms with Gasteiger partial charge in [0.1, 0.15) is 0 Å². The SMILES string of the molecule is O=S(=O)(Nc1ccccc1SSc1ccccc1NS(=O)(=O)c1ccc(Cl)cc1)c1ccc(Cl)cc1. The highest BCUT2D eigenvalue weighted by Gasteiger charge is 2.18. The molecule has 0 radical (unpaired) electrons. The number of halogens is 2. The van der Waals surface area contributed by atoms with Crippen LogP contribution in [-0.2, 0) is 20.0 Å². The Balaban J connectivity index is 1.53. The van der Waals surface area contributed by atoms with Gasteiger partial charge in [-0.25, -0.2) is 16.8 Å². The van der Waals surface area contributed by atoms with Gasteiger partial charge in [-0.3, -0.25) is 9.44 Å². The third-order valence-corrected chi connectivity index (χ3v) is 10.5. The third kappa shape index (κ3) is 6.70. The number of anilines is 2. The summed E-state index contributed by atoms with van der Waals surface area (Å²) in [4.78, 5) is 1.47. The summed E-state index contributed by atoms with van der Waals surface area (Å²) in [6.07, 6.45) is 0. The van der Waals surface area contributed by atoms with E-state index >= 15 is 0 Å². The molecule has 0 heterocycles. The van der Waals surface area contributed by atoms with Crippen LogP contribution in [0.1, 0.15) is 0 Å². The molecule has 0 amide bonds. The molecule has 0 aliphatic carbocycles. The Labute approximate surface area is 227 Å². The normalized spacial score (nSPS) is 11.7. The molecule has 0 saturated carbocycles. The van der Waals surface area contributed by atoms with Crippen molar-refractivity contribution in [1.82, 2.24) is 0 Å². The zero-order chi connectivity index (χ0) is 25.8. The van der Waals surface area contributed by atoms with E-state index in [0.717, 1.165) is 0 Å². The van der Waals surface area contributed by atoms with Crippen molar-refractivity contribution in [3.8, 4) is 0 Å². The van der Waals surface area contributed by atoms with Crippen LogP contribution in [0.15, 0.2) is 117 Å². The van der Waals surface area contributed by atoms with Gasteiger partial charge in [-0.1, -0.05) is 69.1 Å². The number of para-hydroxylation sites is 2. The van der Waals surface area contributed by atoms with E-state index < -0.39 is 20.0 Å². The first-order chi connectivity index (χ1) is 17.1. The highest BCUT2D eigenvalue weighted by molar-refractivity contribution is 8.76. The molecule has 0 saturated heterocycles. The molecule has 0 aliphatic heterocycles. The van der Waals surface area contributed by atoms with Crippen LogP contribution < -0.4 is 9.44 Å². The van der Waals surface area contributed by atoms with E-state index in [0.29, 0.717) is 31.2 Å². The monoisotopic (exact) mass is 596 g/mol. The molecular weight excluding hydrogens is 579 g/mol. The van der Waals surface area contributed by atoms with E-state index in [4.69, 9.17) is 23.2 Å². The van der Waals surface area contributed by atoms with Gasteiger partial charge in [0.05, 0.1) is 21.2 Å². The number of hydrogen-bond donors (Lipinski definition) is 2. The Kier molecular flexibility index (Phi) is 8.44. The largest absolute Gasteiger partial charge is 0.278 e. The van der Waals surface area contributed by atoms with Crippen LogP contribution in [0.2, 0.25) is 10.0 Å². The van der Waals surface area contributed by atoms with E-state index in [2.05, 4.69) is 9.44 Å². The molecule has 36 heavy (non-hydrogen) atoms. The van der Waals surface area contributed by atoms with Crippen LogP contribution in [0, 0.1) is 0 Å². The van der Waals surface area contributed by atoms with Crippen LogP contribution in [0.5, 0.6) is 0 Å². The van der Waals surface area contributed by atoms with Crippen LogP contribution in [0.3, 0.4) is 0 Å². The minimum Gasteiger partial charge on any atom is -0.278 e. The Morgan fingerprint density at radius 1 is 0.500 bits per heavy atom. The quantitative estimate of drug-likeness (QED) is 0.196. The molecule has 0 atom stereocenters. The average molecular weight is 598 g/mol. The van der Waals surface area contributed by atoms with E-state index in [1.54, 1.807) is 48.5 Å². The van der Waals surface area contributed by atoms with Crippen LogP contribution in [0.4, 0.5) is 11.4 Å². The fourth-order valence-electron chi connectivity index (χ4n) is 2.97. The highest BCUT2D eigenvalue weighted by atomic mass is 35.5. The first-order valence-electron chi connectivity index (χ1n) is 10.2. The molecular formula is C24H18Cl2N2O4S4. The number of nitrogens with one attached hydrogen (secondary N) is 2. The van der Waals surface area contributed by atoms with Gasteiger partial charge >= 0.3 is 0 Å². The first kappa shape index (κ1) is 26.7. The van der Waals surface area contributed by atoms with Crippen molar-refractivity contribution in [2.45, 2.75) is 19.6 Å². The molecule has 4 rings (SSSR count). The maximum atomic E-state index is 12.9. The van der Waals surface area contributed by atoms with Gasteiger partial charge in [0, 0.05) is 19.8 Å². The molecule has 0 unspecified atom stereocenters. The van der Waals surface area contributed by atoms with Gasteiger partial charge in [-0.2, -0.15) is 0 Å². The molecule has 6 nitrogen and oxygen atoms in total. The Hall–Kier alpha value is -2.34. The van der Waals surface area contributed by atoms with Gasteiger partial charge < -0.3 is 0 Å². The topological polar surface area (TPSA) is 92.3 Å². The lowest BCUT2D eigenvalue weighted by Gasteiger charge is -2.14. The summed E-state index contributed by atoms with van der Waals surface area (Å²) in [5.74, 6) is 0. The summed E-state index contributed by atoms with van der Waals surface area (Å²) in [5, 5.41) is 0.873. The minimum atomic E-state index is -3.83. The standard InChI is InChI=1S/C24H18Cl2N2O4S4/c25-17-9-13-19(14-10-17)35(29,30)27-21-5-1-3-7-23(21)33-34-24-8-4-2-6-22(24)28-36(31,32)20-15-11-18(26)12-16-20/h1-16,27-28H. The fraction of sp³-hybridized carbons (Fsp3) is 0. The van der Waals surface area contributed by atoms with Gasteiger partial charge in [0.2, 0.25) is 0 Å². The van der Waals surface area contributed by atoms with Crippen molar-refractivity contribution in [2.24, 2.45) is 0 Å². The third-order valence-electron chi connectivity index (χ3n) is 4.73. The van der Waals surface area contributed by atoms with Crippen LogP contribution in [0.25, 0.3) is 0 Å². The second kappa shape index (κ2) is 11.4. The zero-order valence-electron chi connectivity index (χ0n) is 18.3. The molecule has 4 aromatic rings. The average Bonchev–Trinajstić information content (AvgIpc) is 2.84. The maximum absolute atomic E-state index is 12.9. The summed E-state index contributed by atoms with van der Waals surface area (Å²) in [6, 6.07) is 25.6. The summed E-state index contributed by atoms with van der Waals surface area (Å²) in [6.45, 7) is 0. The Morgan fingerprint density at radius 2 is 0.833 bits per heavy atom. The molecule has 4 aromatic carbocycles. The molecule has 0 fully saturated rings. The van der Waals surface area contributed by atoms with Gasteiger partial charge in [0.25, 0.3) is 20.0 Å². The second-order valence-corrected chi connectivity index (χ2v) is 13.7.